The second-order valence-corrected chi connectivity index (χ2v) is 3.65. The van der Waals surface area contributed by atoms with Crippen LogP contribution in [0.3, 0.4) is 0 Å². The zero-order valence-electron chi connectivity index (χ0n) is 8.71. The Kier molecular flexibility index (Phi) is 5.35. The third-order valence-corrected chi connectivity index (χ3v) is 2.35. The van der Waals surface area contributed by atoms with E-state index in [1.54, 1.807) is 0 Å². The molecule has 78 valence electrons. The summed E-state index contributed by atoms with van der Waals surface area (Å²) in [6.45, 7) is 8.79. The average Bonchev–Trinajstić information content (AvgIpc) is 2.06. The van der Waals surface area contributed by atoms with E-state index >= 15 is 0 Å². The normalized spacial score (nSPS) is 19.8. The van der Waals surface area contributed by atoms with Crippen molar-refractivity contribution < 1.29 is 9.47 Å². The second-order valence-electron chi connectivity index (χ2n) is 3.65. The van der Waals surface area contributed by atoms with Crippen molar-refractivity contribution in [2.24, 2.45) is 5.92 Å². The van der Waals surface area contributed by atoms with Crippen LogP contribution < -0.4 is 5.32 Å². The van der Waals surface area contributed by atoms with Crippen molar-refractivity contribution in [2.45, 2.75) is 26.4 Å². The number of nitrogens with one attached hydrogen (secondary N) is 1. The highest BCUT2D eigenvalue weighted by atomic mass is 16.5. The van der Waals surface area contributed by atoms with E-state index in [9.17, 15) is 0 Å². The lowest BCUT2D eigenvalue weighted by Gasteiger charge is -2.27. The number of hydrogen-bond donors (Lipinski definition) is 1. The van der Waals surface area contributed by atoms with Gasteiger partial charge in [0.15, 0.2) is 0 Å². The Morgan fingerprint density at radius 3 is 2.77 bits per heavy atom. The van der Waals surface area contributed by atoms with E-state index in [1.165, 1.54) is 19.5 Å². The van der Waals surface area contributed by atoms with Crippen molar-refractivity contribution in [1.82, 2.24) is 5.32 Å². The predicted molar refractivity (Wildman–Crippen MR) is 52.9 cm³/mol. The number of ether oxygens (including phenoxy) is 2. The number of hydrogen-bond acceptors (Lipinski definition) is 3. The molecule has 1 atom stereocenters. The SMILES string of the molecule is CCOCC(C)OCCC1CNC1. The fourth-order valence-electron chi connectivity index (χ4n) is 1.32. The van der Waals surface area contributed by atoms with E-state index in [4.69, 9.17) is 9.47 Å². The largest absolute Gasteiger partial charge is 0.379 e. The lowest BCUT2D eigenvalue weighted by molar-refractivity contribution is -0.00951. The lowest BCUT2D eigenvalue weighted by Crippen LogP contribution is -2.42. The van der Waals surface area contributed by atoms with Crippen molar-refractivity contribution in [3.05, 3.63) is 0 Å². The zero-order chi connectivity index (χ0) is 9.52. The van der Waals surface area contributed by atoms with Crippen LogP contribution in [0.2, 0.25) is 0 Å². The van der Waals surface area contributed by atoms with E-state index in [0.717, 1.165) is 25.7 Å². The molecular weight excluding hydrogens is 166 g/mol. The van der Waals surface area contributed by atoms with Gasteiger partial charge < -0.3 is 14.8 Å². The molecule has 3 nitrogen and oxygen atoms in total. The highest BCUT2D eigenvalue weighted by molar-refractivity contribution is 4.73. The molecule has 0 aromatic heterocycles. The molecule has 0 saturated carbocycles. The van der Waals surface area contributed by atoms with Gasteiger partial charge in [-0.2, -0.15) is 0 Å². The predicted octanol–water partition coefficient (Wildman–Crippen LogP) is 1.04. The summed E-state index contributed by atoms with van der Waals surface area (Å²) in [5.41, 5.74) is 0. The molecule has 0 spiro atoms. The summed E-state index contributed by atoms with van der Waals surface area (Å²) in [6, 6.07) is 0. The van der Waals surface area contributed by atoms with Crippen molar-refractivity contribution in [1.29, 1.82) is 0 Å². The molecule has 1 aliphatic heterocycles. The van der Waals surface area contributed by atoms with Crippen molar-refractivity contribution in [3.8, 4) is 0 Å². The summed E-state index contributed by atoms with van der Waals surface area (Å²) in [4.78, 5) is 0. The minimum atomic E-state index is 0.244. The third-order valence-electron chi connectivity index (χ3n) is 2.35. The molecular formula is C10H21NO2. The van der Waals surface area contributed by atoms with Gasteiger partial charge in [0.1, 0.15) is 0 Å². The van der Waals surface area contributed by atoms with Crippen LogP contribution in [-0.4, -0.2) is 39.0 Å². The molecule has 3 heteroatoms. The average molecular weight is 187 g/mol. The molecule has 1 heterocycles. The smallest absolute Gasteiger partial charge is 0.0780 e. The maximum Gasteiger partial charge on any atom is 0.0780 e. The Hall–Kier alpha value is -0.120. The van der Waals surface area contributed by atoms with Gasteiger partial charge in [-0.1, -0.05) is 0 Å². The first-order valence-electron chi connectivity index (χ1n) is 5.23. The van der Waals surface area contributed by atoms with Crippen LogP contribution in [0.1, 0.15) is 20.3 Å². The number of rotatable bonds is 7. The van der Waals surface area contributed by atoms with Crippen LogP contribution in [0, 0.1) is 5.92 Å². The molecule has 1 saturated heterocycles. The van der Waals surface area contributed by atoms with Gasteiger partial charge in [0, 0.05) is 13.2 Å². The lowest BCUT2D eigenvalue weighted by atomic mass is 10.0. The fraction of sp³-hybridized carbons (Fsp3) is 1.00. The fourth-order valence-corrected chi connectivity index (χ4v) is 1.32. The van der Waals surface area contributed by atoms with Gasteiger partial charge in [-0.05, 0) is 39.3 Å². The molecule has 0 bridgehead atoms. The Bertz CT molecular complexity index is 126. The summed E-state index contributed by atoms with van der Waals surface area (Å²) >= 11 is 0. The molecule has 0 aromatic carbocycles. The molecule has 1 unspecified atom stereocenters. The van der Waals surface area contributed by atoms with Gasteiger partial charge in [0.05, 0.1) is 12.7 Å². The van der Waals surface area contributed by atoms with E-state index < -0.39 is 0 Å². The third kappa shape index (κ3) is 4.60. The van der Waals surface area contributed by atoms with Crippen LogP contribution >= 0.6 is 0 Å². The van der Waals surface area contributed by atoms with E-state index in [0.29, 0.717) is 0 Å². The summed E-state index contributed by atoms with van der Waals surface area (Å²) in [6.07, 6.45) is 1.43. The first-order chi connectivity index (χ1) is 6.33. The minimum Gasteiger partial charge on any atom is -0.379 e. The van der Waals surface area contributed by atoms with Gasteiger partial charge in [-0.25, -0.2) is 0 Å². The van der Waals surface area contributed by atoms with Gasteiger partial charge in [-0.15, -0.1) is 0 Å². The van der Waals surface area contributed by atoms with Crippen LogP contribution in [0.4, 0.5) is 0 Å². The molecule has 1 aliphatic rings. The van der Waals surface area contributed by atoms with E-state index in [-0.39, 0.29) is 6.10 Å². The van der Waals surface area contributed by atoms with Gasteiger partial charge >= 0.3 is 0 Å². The summed E-state index contributed by atoms with van der Waals surface area (Å²) < 4.78 is 10.9. The van der Waals surface area contributed by atoms with Crippen molar-refractivity contribution >= 4 is 0 Å². The zero-order valence-corrected chi connectivity index (χ0v) is 8.71. The molecule has 1 rings (SSSR count). The van der Waals surface area contributed by atoms with Crippen LogP contribution in [0.25, 0.3) is 0 Å². The molecule has 1 fully saturated rings. The molecule has 0 aromatic rings. The first-order valence-corrected chi connectivity index (χ1v) is 5.23. The maximum absolute atomic E-state index is 5.60. The van der Waals surface area contributed by atoms with Crippen molar-refractivity contribution in [3.63, 3.8) is 0 Å². The topological polar surface area (TPSA) is 30.5 Å². The summed E-state index contributed by atoms with van der Waals surface area (Å²) in [7, 11) is 0. The van der Waals surface area contributed by atoms with Crippen LogP contribution in [-0.2, 0) is 9.47 Å². The van der Waals surface area contributed by atoms with Gasteiger partial charge in [0.25, 0.3) is 0 Å². The summed E-state index contributed by atoms with van der Waals surface area (Å²) in [5, 5.41) is 3.25. The van der Waals surface area contributed by atoms with Crippen LogP contribution in [0.5, 0.6) is 0 Å². The van der Waals surface area contributed by atoms with Crippen molar-refractivity contribution in [2.75, 3.05) is 32.9 Å². The molecule has 0 aliphatic carbocycles. The highest BCUT2D eigenvalue weighted by Gasteiger charge is 2.16. The standard InChI is InChI=1S/C10H21NO2/c1-3-12-8-9(2)13-5-4-10-6-11-7-10/h9-11H,3-8H2,1-2H3. The Balaban J connectivity index is 1.85. The van der Waals surface area contributed by atoms with Crippen LogP contribution in [0.15, 0.2) is 0 Å². The maximum atomic E-state index is 5.60. The Morgan fingerprint density at radius 2 is 2.23 bits per heavy atom. The molecule has 0 radical (unpaired) electrons. The second kappa shape index (κ2) is 6.35. The highest BCUT2D eigenvalue weighted by Crippen LogP contribution is 2.08. The van der Waals surface area contributed by atoms with E-state index in [2.05, 4.69) is 12.2 Å². The van der Waals surface area contributed by atoms with E-state index in [1.807, 2.05) is 6.92 Å². The molecule has 1 N–H and O–H groups in total. The monoisotopic (exact) mass is 187 g/mol. The minimum absolute atomic E-state index is 0.244. The Morgan fingerprint density at radius 1 is 1.46 bits per heavy atom. The molecule has 13 heavy (non-hydrogen) atoms. The quantitative estimate of drug-likeness (QED) is 0.646. The van der Waals surface area contributed by atoms with Gasteiger partial charge in [-0.3, -0.25) is 0 Å². The molecule has 0 amide bonds. The van der Waals surface area contributed by atoms with Gasteiger partial charge in [0.2, 0.25) is 0 Å². The summed E-state index contributed by atoms with van der Waals surface area (Å²) in [5.74, 6) is 0.847. The Labute approximate surface area is 80.8 Å². The first kappa shape index (κ1) is 11.0.